The molecule has 1 N–H and O–H groups in total. The molecule has 0 radical (unpaired) electrons. The second-order valence-corrected chi connectivity index (χ2v) is 7.41. The van der Waals surface area contributed by atoms with Crippen molar-refractivity contribution in [2.75, 3.05) is 19.6 Å². The number of thiophene rings is 1. The Morgan fingerprint density at radius 1 is 1.36 bits per heavy atom. The van der Waals surface area contributed by atoms with E-state index in [-0.39, 0.29) is 12.0 Å². The number of piperidine rings is 1. The molecule has 6 heteroatoms. The SMILES string of the molecule is CC(C)(C)OC(=O)N1CCC(CNC(=O)c2ccsc2)CC1. The molecule has 5 nitrogen and oxygen atoms in total. The normalized spacial score (nSPS) is 16.4. The first-order valence-electron chi connectivity index (χ1n) is 7.63. The van der Waals surface area contributed by atoms with Gasteiger partial charge in [0, 0.05) is 30.6 Å². The first-order chi connectivity index (χ1) is 10.3. The lowest BCUT2D eigenvalue weighted by molar-refractivity contribution is 0.0183. The van der Waals surface area contributed by atoms with E-state index in [9.17, 15) is 9.59 Å². The van der Waals surface area contributed by atoms with E-state index in [0.29, 0.717) is 25.6 Å². The Labute approximate surface area is 135 Å². The van der Waals surface area contributed by atoms with Crippen LogP contribution in [0.25, 0.3) is 0 Å². The van der Waals surface area contributed by atoms with Gasteiger partial charge >= 0.3 is 6.09 Å². The highest BCUT2D eigenvalue weighted by Crippen LogP contribution is 2.19. The largest absolute Gasteiger partial charge is 0.444 e. The van der Waals surface area contributed by atoms with Crippen molar-refractivity contribution in [1.82, 2.24) is 10.2 Å². The minimum Gasteiger partial charge on any atom is -0.444 e. The summed E-state index contributed by atoms with van der Waals surface area (Å²) in [5, 5.41) is 6.71. The van der Waals surface area contributed by atoms with Crippen molar-refractivity contribution >= 4 is 23.3 Å². The molecule has 2 heterocycles. The zero-order valence-corrected chi connectivity index (χ0v) is 14.2. The topological polar surface area (TPSA) is 58.6 Å². The number of nitrogens with one attached hydrogen (secondary N) is 1. The zero-order chi connectivity index (χ0) is 16.2. The average Bonchev–Trinajstić information content (AvgIpc) is 2.97. The van der Waals surface area contributed by atoms with Crippen LogP contribution < -0.4 is 5.32 Å². The van der Waals surface area contributed by atoms with E-state index < -0.39 is 5.60 Å². The Kier molecular flexibility index (Phi) is 5.45. The molecular weight excluding hydrogens is 300 g/mol. The summed E-state index contributed by atoms with van der Waals surface area (Å²) in [7, 11) is 0. The van der Waals surface area contributed by atoms with Gasteiger partial charge in [-0.25, -0.2) is 4.79 Å². The molecular formula is C16H24N2O3S. The maximum absolute atomic E-state index is 12.0. The standard InChI is InChI=1S/C16H24N2O3S/c1-16(2,3)21-15(20)18-7-4-12(5-8-18)10-17-14(19)13-6-9-22-11-13/h6,9,11-12H,4-5,7-8,10H2,1-3H3,(H,17,19). The van der Waals surface area contributed by atoms with Crippen LogP contribution in [0.5, 0.6) is 0 Å². The molecule has 0 aliphatic carbocycles. The Hall–Kier alpha value is -1.56. The number of ether oxygens (including phenoxy) is 1. The third kappa shape index (κ3) is 5.02. The van der Waals surface area contributed by atoms with Crippen molar-refractivity contribution in [3.8, 4) is 0 Å². The molecule has 1 aromatic heterocycles. The lowest BCUT2D eigenvalue weighted by atomic mass is 9.97. The van der Waals surface area contributed by atoms with E-state index in [1.54, 1.807) is 4.90 Å². The molecule has 1 aliphatic rings. The van der Waals surface area contributed by atoms with Gasteiger partial charge in [0.25, 0.3) is 5.91 Å². The summed E-state index contributed by atoms with van der Waals surface area (Å²) in [6, 6.07) is 1.82. The van der Waals surface area contributed by atoms with Crippen LogP contribution in [0, 0.1) is 5.92 Å². The number of amides is 2. The first kappa shape index (κ1) is 16.8. The molecule has 0 bridgehead atoms. The second-order valence-electron chi connectivity index (χ2n) is 6.63. The first-order valence-corrected chi connectivity index (χ1v) is 8.58. The molecule has 2 rings (SSSR count). The Bertz CT molecular complexity index is 500. The molecule has 1 aromatic rings. The van der Waals surface area contributed by atoms with Crippen molar-refractivity contribution < 1.29 is 14.3 Å². The highest BCUT2D eigenvalue weighted by molar-refractivity contribution is 7.08. The molecule has 1 saturated heterocycles. The van der Waals surface area contributed by atoms with Gasteiger partial charge in [-0.1, -0.05) is 0 Å². The minimum absolute atomic E-state index is 0.0178. The molecule has 0 atom stereocenters. The lowest BCUT2D eigenvalue weighted by Gasteiger charge is -2.33. The third-order valence-corrected chi connectivity index (χ3v) is 4.28. The van der Waals surface area contributed by atoms with Crippen LogP contribution >= 0.6 is 11.3 Å². The van der Waals surface area contributed by atoms with Crippen molar-refractivity contribution in [3.05, 3.63) is 22.4 Å². The quantitative estimate of drug-likeness (QED) is 0.929. The third-order valence-electron chi connectivity index (χ3n) is 3.60. The van der Waals surface area contributed by atoms with Gasteiger partial charge in [0.2, 0.25) is 0 Å². The minimum atomic E-state index is -0.456. The summed E-state index contributed by atoms with van der Waals surface area (Å²) in [6.45, 7) is 7.66. The molecule has 1 aliphatic heterocycles. The number of hydrogen-bond acceptors (Lipinski definition) is 4. The van der Waals surface area contributed by atoms with E-state index in [1.807, 2.05) is 37.6 Å². The van der Waals surface area contributed by atoms with Gasteiger partial charge in [-0.2, -0.15) is 11.3 Å². The second kappa shape index (κ2) is 7.13. The number of likely N-dealkylation sites (tertiary alicyclic amines) is 1. The number of carbonyl (C=O) groups excluding carboxylic acids is 2. The monoisotopic (exact) mass is 324 g/mol. The van der Waals surface area contributed by atoms with Gasteiger partial charge < -0.3 is 15.0 Å². The van der Waals surface area contributed by atoms with E-state index in [2.05, 4.69) is 5.32 Å². The fraction of sp³-hybridized carbons (Fsp3) is 0.625. The van der Waals surface area contributed by atoms with Crippen molar-refractivity contribution in [2.24, 2.45) is 5.92 Å². The van der Waals surface area contributed by atoms with Crippen molar-refractivity contribution in [2.45, 2.75) is 39.2 Å². The van der Waals surface area contributed by atoms with E-state index >= 15 is 0 Å². The van der Waals surface area contributed by atoms with Gasteiger partial charge in [0.05, 0.1) is 0 Å². The summed E-state index contributed by atoms with van der Waals surface area (Å²) in [5.74, 6) is 0.400. The van der Waals surface area contributed by atoms with Crippen LogP contribution in [0.3, 0.4) is 0 Å². The van der Waals surface area contributed by atoms with Crippen molar-refractivity contribution in [3.63, 3.8) is 0 Å². The zero-order valence-electron chi connectivity index (χ0n) is 13.4. The maximum Gasteiger partial charge on any atom is 0.410 e. The molecule has 0 saturated carbocycles. The number of nitrogens with zero attached hydrogens (tertiary/aromatic N) is 1. The molecule has 0 unspecified atom stereocenters. The van der Waals surface area contributed by atoms with E-state index in [1.165, 1.54) is 11.3 Å². The number of hydrogen-bond donors (Lipinski definition) is 1. The van der Waals surface area contributed by atoms with Gasteiger partial charge in [0.15, 0.2) is 0 Å². The van der Waals surface area contributed by atoms with Crippen molar-refractivity contribution in [1.29, 1.82) is 0 Å². The summed E-state index contributed by atoms with van der Waals surface area (Å²) >= 11 is 1.52. The van der Waals surface area contributed by atoms with E-state index in [4.69, 9.17) is 4.74 Å². The Morgan fingerprint density at radius 3 is 2.59 bits per heavy atom. The Balaban J connectivity index is 1.71. The highest BCUT2D eigenvalue weighted by Gasteiger charge is 2.26. The summed E-state index contributed by atoms with van der Waals surface area (Å²) in [6.07, 6.45) is 1.54. The summed E-state index contributed by atoms with van der Waals surface area (Å²) < 4.78 is 5.38. The number of rotatable bonds is 3. The fourth-order valence-corrected chi connectivity index (χ4v) is 3.01. The molecule has 0 aromatic carbocycles. The van der Waals surface area contributed by atoms with Crippen LogP contribution in [0.1, 0.15) is 44.0 Å². The van der Waals surface area contributed by atoms with Crippen LogP contribution in [0.2, 0.25) is 0 Å². The molecule has 1 fully saturated rings. The lowest BCUT2D eigenvalue weighted by Crippen LogP contribution is -2.43. The summed E-state index contributed by atoms with van der Waals surface area (Å²) in [5.41, 5.74) is 0.263. The predicted octanol–water partition coefficient (Wildman–Crippen LogP) is 3.13. The molecule has 122 valence electrons. The van der Waals surface area contributed by atoms with Crippen LogP contribution in [0.15, 0.2) is 16.8 Å². The van der Waals surface area contributed by atoms with Crippen LogP contribution in [0.4, 0.5) is 4.79 Å². The molecule has 2 amide bonds. The van der Waals surface area contributed by atoms with Gasteiger partial charge in [0.1, 0.15) is 5.60 Å². The molecule has 0 spiro atoms. The van der Waals surface area contributed by atoms with E-state index in [0.717, 1.165) is 18.4 Å². The van der Waals surface area contributed by atoms with Crippen LogP contribution in [-0.2, 0) is 4.74 Å². The van der Waals surface area contributed by atoms with Gasteiger partial charge in [-0.05, 0) is 51.0 Å². The van der Waals surface area contributed by atoms with Crippen LogP contribution in [-0.4, -0.2) is 42.1 Å². The average molecular weight is 324 g/mol. The highest BCUT2D eigenvalue weighted by atomic mass is 32.1. The summed E-state index contributed by atoms with van der Waals surface area (Å²) in [4.78, 5) is 25.6. The smallest absolute Gasteiger partial charge is 0.410 e. The Morgan fingerprint density at radius 2 is 2.05 bits per heavy atom. The molecule has 22 heavy (non-hydrogen) atoms. The predicted molar refractivity (Wildman–Crippen MR) is 87.2 cm³/mol. The van der Waals surface area contributed by atoms with Gasteiger partial charge in [-0.15, -0.1) is 0 Å². The number of carbonyl (C=O) groups is 2. The fourth-order valence-electron chi connectivity index (χ4n) is 2.38. The maximum atomic E-state index is 12.0. The van der Waals surface area contributed by atoms with Gasteiger partial charge in [-0.3, -0.25) is 4.79 Å².